The molecule has 0 spiro atoms. The van der Waals surface area contributed by atoms with E-state index in [0.717, 1.165) is 0 Å². The lowest BCUT2D eigenvalue weighted by molar-refractivity contribution is -0.141. The second-order valence-corrected chi connectivity index (χ2v) is 6.44. The number of carboxylic acid groups (broad SMARTS) is 1. The van der Waals surface area contributed by atoms with Crippen LogP contribution in [0.15, 0.2) is 0 Å². The number of carbonyl (C=O) groups excluding carboxylic acids is 3. The summed E-state index contributed by atoms with van der Waals surface area (Å²) < 4.78 is 0. The second kappa shape index (κ2) is 10.7. The maximum Gasteiger partial charge on any atom is 0.322 e. The highest BCUT2D eigenvalue weighted by atomic mass is 16.4. The quantitative estimate of drug-likeness (QED) is 0.280. The van der Waals surface area contributed by atoms with Crippen molar-refractivity contribution in [3.63, 3.8) is 0 Å². The standard InChI is InChI=1S/C16H29N5O5/c1-10(18)16(26)21-8-4-6-12(21)15(25)20-11(5-2-3-7-17)14(24)19-9-13(22)23/h10-12H,2-9,17-18H2,1H3,(H,19,24)(H,20,25)(H,22,23). The molecule has 3 unspecified atom stereocenters. The Morgan fingerprint density at radius 1 is 1.27 bits per heavy atom. The van der Waals surface area contributed by atoms with Crippen LogP contribution in [0.4, 0.5) is 0 Å². The molecule has 0 aromatic rings. The van der Waals surface area contributed by atoms with E-state index in [2.05, 4.69) is 10.6 Å². The first-order valence-electron chi connectivity index (χ1n) is 8.84. The van der Waals surface area contributed by atoms with Gasteiger partial charge in [0, 0.05) is 6.54 Å². The Hall–Kier alpha value is -2.20. The SMILES string of the molecule is CC(N)C(=O)N1CCCC1C(=O)NC(CCCCN)C(=O)NCC(=O)O. The molecule has 10 nitrogen and oxygen atoms in total. The van der Waals surface area contributed by atoms with E-state index in [1.807, 2.05) is 0 Å². The van der Waals surface area contributed by atoms with Gasteiger partial charge >= 0.3 is 5.97 Å². The van der Waals surface area contributed by atoms with E-state index in [4.69, 9.17) is 16.6 Å². The summed E-state index contributed by atoms with van der Waals surface area (Å²) in [4.78, 5) is 49.0. The van der Waals surface area contributed by atoms with Crippen LogP contribution in [0.5, 0.6) is 0 Å². The molecule has 1 rings (SSSR count). The molecule has 3 amide bonds. The summed E-state index contributed by atoms with van der Waals surface area (Å²) in [6, 6.07) is -2.25. The number of aliphatic carboxylic acids is 1. The summed E-state index contributed by atoms with van der Waals surface area (Å²) in [6.07, 6.45) is 2.80. The third kappa shape index (κ3) is 6.60. The molecule has 1 aliphatic rings. The maximum atomic E-state index is 12.6. The van der Waals surface area contributed by atoms with Gasteiger partial charge in [0.2, 0.25) is 17.7 Å². The van der Waals surface area contributed by atoms with Crippen LogP contribution in [0.1, 0.15) is 39.0 Å². The molecule has 26 heavy (non-hydrogen) atoms. The summed E-state index contributed by atoms with van der Waals surface area (Å²) in [5.74, 6) is -2.48. The highest BCUT2D eigenvalue weighted by Gasteiger charge is 2.36. The van der Waals surface area contributed by atoms with Gasteiger partial charge in [-0.05, 0) is 45.6 Å². The third-order valence-corrected chi connectivity index (χ3v) is 4.22. The van der Waals surface area contributed by atoms with Crippen LogP contribution in [0, 0.1) is 0 Å². The van der Waals surface area contributed by atoms with Gasteiger partial charge in [-0.2, -0.15) is 0 Å². The Bertz CT molecular complexity index is 525. The summed E-state index contributed by atoms with van der Waals surface area (Å²) in [5, 5.41) is 13.6. The molecular formula is C16H29N5O5. The summed E-state index contributed by atoms with van der Waals surface area (Å²) in [6.45, 7) is 1.93. The molecule has 1 heterocycles. The van der Waals surface area contributed by atoms with Crippen molar-refractivity contribution in [1.82, 2.24) is 15.5 Å². The molecule has 1 aliphatic heterocycles. The minimum Gasteiger partial charge on any atom is -0.480 e. The van der Waals surface area contributed by atoms with Crippen molar-refractivity contribution >= 4 is 23.7 Å². The van der Waals surface area contributed by atoms with Crippen molar-refractivity contribution in [1.29, 1.82) is 0 Å². The lowest BCUT2D eigenvalue weighted by Gasteiger charge is -2.27. The number of hydrogen-bond donors (Lipinski definition) is 5. The summed E-state index contributed by atoms with van der Waals surface area (Å²) in [7, 11) is 0. The molecule has 148 valence electrons. The van der Waals surface area contributed by atoms with E-state index in [9.17, 15) is 19.2 Å². The third-order valence-electron chi connectivity index (χ3n) is 4.22. The summed E-state index contributed by atoms with van der Waals surface area (Å²) >= 11 is 0. The molecular weight excluding hydrogens is 342 g/mol. The monoisotopic (exact) mass is 371 g/mol. The minimum atomic E-state index is -1.17. The Morgan fingerprint density at radius 3 is 2.54 bits per heavy atom. The van der Waals surface area contributed by atoms with Crippen LogP contribution in [-0.2, 0) is 19.2 Å². The smallest absolute Gasteiger partial charge is 0.322 e. The van der Waals surface area contributed by atoms with Crippen molar-refractivity contribution in [2.24, 2.45) is 11.5 Å². The predicted molar refractivity (Wildman–Crippen MR) is 93.9 cm³/mol. The number of unbranched alkanes of at least 4 members (excludes halogenated alkanes) is 1. The molecule has 0 radical (unpaired) electrons. The first-order chi connectivity index (χ1) is 12.3. The highest BCUT2D eigenvalue weighted by molar-refractivity contribution is 5.93. The second-order valence-electron chi connectivity index (χ2n) is 6.44. The molecule has 10 heteroatoms. The van der Waals surface area contributed by atoms with Crippen LogP contribution in [-0.4, -0.2) is 71.5 Å². The number of nitrogens with two attached hydrogens (primary N) is 2. The van der Waals surface area contributed by atoms with Gasteiger partial charge in [-0.25, -0.2) is 0 Å². The van der Waals surface area contributed by atoms with Crippen molar-refractivity contribution in [3.05, 3.63) is 0 Å². The Kier molecular flexibility index (Phi) is 9.00. The topological polar surface area (TPSA) is 168 Å². The van der Waals surface area contributed by atoms with E-state index < -0.39 is 42.5 Å². The van der Waals surface area contributed by atoms with E-state index in [1.54, 1.807) is 6.92 Å². The number of hydrogen-bond acceptors (Lipinski definition) is 6. The number of rotatable bonds is 10. The lowest BCUT2D eigenvalue weighted by atomic mass is 10.1. The molecule has 3 atom stereocenters. The van der Waals surface area contributed by atoms with E-state index in [0.29, 0.717) is 45.2 Å². The number of likely N-dealkylation sites (tertiary alicyclic amines) is 1. The average molecular weight is 371 g/mol. The first-order valence-corrected chi connectivity index (χ1v) is 8.84. The van der Waals surface area contributed by atoms with Crippen molar-refractivity contribution in [2.45, 2.75) is 57.2 Å². The van der Waals surface area contributed by atoms with E-state index >= 15 is 0 Å². The van der Waals surface area contributed by atoms with Gasteiger partial charge < -0.3 is 32.1 Å². The van der Waals surface area contributed by atoms with Crippen molar-refractivity contribution in [2.75, 3.05) is 19.6 Å². The van der Waals surface area contributed by atoms with Crippen LogP contribution in [0.2, 0.25) is 0 Å². The van der Waals surface area contributed by atoms with Crippen molar-refractivity contribution in [3.8, 4) is 0 Å². The highest BCUT2D eigenvalue weighted by Crippen LogP contribution is 2.18. The van der Waals surface area contributed by atoms with Gasteiger partial charge in [0.15, 0.2) is 0 Å². The Labute approximate surface area is 152 Å². The van der Waals surface area contributed by atoms with Gasteiger partial charge in [-0.15, -0.1) is 0 Å². The number of carboxylic acids is 1. The first kappa shape index (κ1) is 21.8. The van der Waals surface area contributed by atoms with Crippen LogP contribution in [0.3, 0.4) is 0 Å². The number of amides is 3. The zero-order chi connectivity index (χ0) is 19.7. The molecule has 7 N–H and O–H groups in total. The van der Waals surface area contributed by atoms with Crippen molar-refractivity contribution < 1.29 is 24.3 Å². The van der Waals surface area contributed by atoms with E-state index in [-0.39, 0.29) is 5.91 Å². The number of nitrogens with zero attached hydrogens (tertiary/aromatic N) is 1. The van der Waals surface area contributed by atoms with Gasteiger partial charge in [0.05, 0.1) is 6.04 Å². The van der Waals surface area contributed by atoms with Crippen LogP contribution >= 0.6 is 0 Å². The molecule has 0 aromatic carbocycles. The predicted octanol–water partition coefficient (Wildman–Crippen LogP) is -1.86. The fourth-order valence-electron chi connectivity index (χ4n) is 2.88. The van der Waals surface area contributed by atoms with Gasteiger partial charge in [-0.1, -0.05) is 0 Å². The zero-order valence-corrected chi connectivity index (χ0v) is 15.1. The number of nitrogens with one attached hydrogen (secondary N) is 2. The number of carbonyl (C=O) groups is 4. The normalized spacial score (nSPS) is 18.9. The summed E-state index contributed by atoms with van der Waals surface area (Å²) in [5.41, 5.74) is 11.1. The van der Waals surface area contributed by atoms with Gasteiger partial charge in [-0.3, -0.25) is 19.2 Å². The zero-order valence-electron chi connectivity index (χ0n) is 15.1. The lowest BCUT2D eigenvalue weighted by Crippen LogP contribution is -2.55. The molecule has 1 saturated heterocycles. The Balaban J connectivity index is 2.74. The van der Waals surface area contributed by atoms with Gasteiger partial charge in [0.1, 0.15) is 18.6 Å². The molecule has 0 aliphatic carbocycles. The molecule has 1 fully saturated rings. The molecule has 0 aromatic heterocycles. The fraction of sp³-hybridized carbons (Fsp3) is 0.750. The minimum absolute atomic E-state index is 0.308. The Morgan fingerprint density at radius 2 is 1.96 bits per heavy atom. The maximum absolute atomic E-state index is 12.6. The average Bonchev–Trinajstić information content (AvgIpc) is 3.07. The van der Waals surface area contributed by atoms with Crippen LogP contribution in [0.25, 0.3) is 0 Å². The van der Waals surface area contributed by atoms with Gasteiger partial charge in [0.25, 0.3) is 0 Å². The largest absolute Gasteiger partial charge is 0.480 e. The molecule has 0 saturated carbocycles. The van der Waals surface area contributed by atoms with E-state index in [1.165, 1.54) is 4.90 Å². The molecule has 0 bridgehead atoms. The van der Waals surface area contributed by atoms with Crippen LogP contribution < -0.4 is 22.1 Å². The fourth-order valence-corrected chi connectivity index (χ4v) is 2.88.